The van der Waals surface area contributed by atoms with Gasteiger partial charge in [0.1, 0.15) is 11.7 Å². The second-order valence-electron chi connectivity index (χ2n) is 8.30. The summed E-state index contributed by atoms with van der Waals surface area (Å²) >= 11 is 0. The summed E-state index contributed by atoms with van der Waals surface area (Å²) in [6, 6.07) is 14.8. The minimum atomic E-state index is -1.02. The minimum absolute atomic E-state index is 0.0124. The maximum Gasteiger partial charge on any atom is 0.277 e. The van der Waals surface area contributed by atoms with Gasteiger partial charge < -0.3 is 9.84 Å². The van der Waals surface area contributed by atoms with E-state index in [1.165, 1.54) is 0 Å². The number of nitrogens with zero attached hydrogens (tertiary/aromatic N) is 3. The van der Waals surface area contributed by atoms with Crippen LogP contribution in [0.1, 0.15) is 24.3 Å². The van der Waals surface area contributed by atoms with Crippen molar-refractivity contribution in [3.8, 4) is 22.5 Å². The number of aromatic nitrogens is 2. The van der Waals surface area contributed by atoms with Crippen LogP contribution < -0.4 is 10.6 Å². The summed E-state index contributed by atoms with van der Waals surface area (Å²) in [5, 5.41) is 9.02. The van der Waals surface area contributed by atoms with Gasteiger partial charge in [0.25, 0.3) is 11.8 Å². The normalized spacial score (nSPS) is 18.0. The van der Waals surface area contributed by atoms with Crippen molar-refractivity contribution < 1.29 is 23.7 Å². The molecule has 0 aliphatic carbocycles. The van der Waals surface area contributed by atoms with Gasteiger partial charge in [0.05, 0.1) is 6.54 Å². The van der Waals surface area contributed by atoms with Gasteiger partial charge in [0.2, 0.25) is 23.5 Å². The molecule has 1 fully saturated rings. The van der Waals surface area contributed by atoms with Gasteiger partial charge >= 0.3 is 0 Å². The number of hydrogen-bond acceptors (Lipinski definition) is 8. The van der Waals surface area contributed by atoms with Crippen molar-refractivity contribution in [3.63, 3.8) is 0 Å². The van der Waals surface area contributed by atoms with E-state index in [2.05, 4.69) is 20.8 Å². The van der Waals surface area contributed by atoms with Crippen molar-refractivity contribution in [1.29, 1.82) is 0 Å². The molecule has 35 heavy (non-hydrogen) atoms. The Morgan fingerprint density at radius 3 is 2.69 bits per heavy atom. The first kappa shape index (κ1) is 22.2. The molecular weight excluding hydrogens is 450 g/mol. The first-order valence-corrected chi connectivity index (χ1v) is 11.1. The summed E-state index contributed by atoms with van der Waals surface area (Å²) in [7, 11) is 0. The average Bonchev–Trinajstić information content (AvgIpc) is 3.43. The lowest BCUT2D eigenvalue weighted by Gasteiger charge is -2.28. The third-order valence-corrected chi connectivity index (χ3v) is 5.95. The molecule has 1 atom stereocenters. The maximum atomic E-state index is 12.7. The molecule has 1 aromatic heterocycles. The molecule has 5 rings (SSSR count). The van der Waals surface area contributed by atoms with Gasteiger partial charge in [-0.1, -0.05) is 47.6 Å². The van der Waals surface area contributed by atoms with Crippen molar-refractivity contribution in [3.05, 3.63) is 71.8 Å². The van der Waals surface area contributed by atoms with E-state index in [-0.39, 0.29) is 31.0 Å². The Hall–Kier alpha value is -4.60. The second-order valence-corrected chi connectivity index (χ2v) is 8.30. The van der Waals surface area contributed by atoms with Crippen LogP contribution in [0.25, 0.3) is 22.5 Å². The highest BCUT2D eigenvalue weighted by molar-refractivity contribution is 6.18. The average molecular weight is 471 g/mol. The fourth-order valence-corrected chi connectivity index (χ4v) is 4.17. The van der Waals surface area contributed by atoms with E-state index in [9.17, 15) is 19.2 Å². The molecule has 10 nitrogen and oxygen atoms in total. The van der Waals surface area contributed by atoms with E-state index >= 15 is 0 Å². The number of carbonyl (C=O) groups is 4. The smallest absolute Gasteiger partial charge is 0.277 e. The fraction of sp³-hybridized carbons (Fsp3) is 0.200. The first-order chi connectivity index (χ1) is 16.9. The Morgan fingerprint density at radius 2 is 1.89 bits per heavy atom. The van der Waals surface area contributed by atoms with E-state index < -0.39 is 29.7 Å². The van der Waals surface area contributed by atoms with Gasteiger partial charge in [0, 0.05) is 18.1 Å². The topological polar surface area (TPSA) is 134 Å². The number of hydrogen-bond donors (Lipinski definition) is 2. The lowest BCUT2D eigenvalue weighted by atomic mass is 9.99. The van der Waals surface area contributed by atoms with Gasteiger partial charge in [0.15, 0.2) is 0 Å². The van der Waals surface area contributed by atoms with E-state index in [1.54, 1.807) is 0 Å². The summed E-state index contributed by atoms with van der Waals surface area (Å²) in [4.78, 5) is 53.8. The third-order valence-electron chi connectivity index (χ3n) is 5.95. The van der Waals surface area contributed by atoms with Crippen LogP contribution in [-0.4, -0.2) is 44.7 Å². The quantitative estimate of drug-likeness (QED) is 0.520. The zero-order valence-electron chi connectivity index (χ0n) is 18.8. The summed E-state index contributed by atoms with van der Waals surface area (Å²) < 4.78 is 5.32. The van der Waals surface area contributed by atoms with Gasteiger partial charge in [-0.3, -0.25) is 29.4 Å². The van der Waals surface area contributed by atoms with Crippen molar-refractivity contribution in [2.75, 3.05) is 0 Å². The minimum Gasteiger partial charge on any atom is -0.371 e. The molecule has 176 valence electrons. The van der Waals surface area contributed by atoms with E-state index in [1.807, 2.05) is 55.5 Å². The highest BCUT2D eigenvalue weighted by Crippen LogP contribution is 2.27. The van der Waals surface area contributed by atoms with Gasteiger partial charge in [-0.15, -0.1) is 0 Å². The van der Waals surface area contributed by atoms with Crippen molar-refractivity contribution in [2.24, 2.45) is 0 Å². The standard InChI is InChI=1S/C25H21N5O5/c1-14-5-2-3-8-17(14)15-6-4-7-16(11-15)23-28-21(35-29-23)13-26-18-12-22(32)30(25(18)34)19-9-10-20(31)27-24(19)33/h2-8,11-12,19,26H,9-10,13H2,1H3,(H,27,31,33). The highest BCUT2D eigenvalue weighted by Gasteiger charge is 2.42. The number of amides is 4. The molecule has 3 heterocycles. The molecule has 10 heteroatoms. The van der Waals surface area contributed by atoms with E-state index in [0.29, 0.717) is 5.82 Å². The zero-order chi connectivity index (χ0) is 24.5. The van der Waals surface area contributed by atoms with Crippen LogP contribution in [0.3, 0.4) is 0 Å². The fourth-order valence-electron chi connectivity index (χ4n) is 4.17. The van der Waals surface area contributed by atoms with Gasteiger partial charge in [-0.05, 0) is 36.1 Å². The predicted molar refractivity (Wildman–Crippen MR) is 123 cm³/mol. The highest BCUT2D eigenvalue weighted by atomic mass is 16.5. The van der Waals surface area contributed by atoms with Crippen LogP contribution in [0.5, 0.6) is 0 Å². The number of imide groups is 2. The Morgan fingerprint density at radius 1 is 1.09 bits per heavy atom. The van der Waals surface area contributed by atoms with Crippen LogP contribution in [0.15, 0.2) is 64.8 Å². The molecule has 2 aromatic carbocycles. The zero-order valence-corrected chi connectivity index (χ0v) is 18.8. The van der Waals surface area contributed by atoms with E-state index in [4.69, 9.17) is 4.52 Å². The summed E-state index contributed by atoms with van der Waals surface area (Å²) in [6.45, 7) is 2.06. The molecule has 0 bridgehead atoms. The monoisotopic (exact) mass is 471 g/mol. The molecule has 2 N–H and O–H groups in total. The Bertz CT molecular complexity index is 1390. The summed E-state index contributed by atoms with van der Waals surface area (Å²) in [6.07, 6.45) is 1.28. The first-order valence-electron chi connectivity index (χ1n) is 11.1. The molecule has 0 saturated carbocycles. The maximum absolute atomic E-state index is 12.7. The number of aryl methyl sites for hydroxylation is 1. The van der Waals surface area contributed by atoms with Gasteiger partial charge in [-0.2, -0.15) is 4.98 Å². The number of carbonyl (C=O) groups excluding carboxylic acids is 4. The predicted octanol–water partition coefficient (Wildman–Crippen LogP) is 1.86. The molecule has 0 radical (unpaired) electrons. The molecule has 0 spiro atoms. The van der Waals surface area contributed by atoms with Crippen LogP contribution in [0.2, 0.25) is 0 Å². The van der Waals surface area contributed by atoms with Crippen LogP contribution in [-0.2, 0) is 25.7 Å². The lowest BCUT2D eigenvalue weighted by molar-refractivity contribution is -0.149. The van der Waals surface area contributed by atoms with Crippen molar-refractivity contribution >= 4 is 23.6 Å². The Balaban J connectivity index is 1.26. The Kier molecular flexibility index (Phi) is 5.69. The molecule has 4 amide bonds. The second kappa shape index (κ2) is 8.98. The third kappa shape index (κ3) is 4.33. The molecule has 2 aliphatic heterocycles. The molecule has 1 unspecified atom stereocenters. The number of nitrogens with one attached hydrogen (secondary N) is 2. The lowest BCUT2D eigenvalue weighted by Crippen LogP contribution is -2.54. The van der Waals surface area contributed by atoms with Crippen molar-refractivity contribution in [1.82, 2.24) is 25.7 Å². The SMILES string of the molecule is Cc1ccccc1-c1cccc(-c2noc(CNC3=CC(=O)N(C4CCC(=O)NC4=O)C3=O)n2)c1. The number of rotatable bonds is 6. The van der Waals surface area contributed by atoms with E-state index in [0.717, 1.165) is 33.2 Å². The Labute approximate surface area is 200 Å². The van der Waals surface area contributed by atoms with Crippen molar-refractivity contribution in [2.45, 2.75) is 32.4 Å². The van der Waals surface area contributed by atoms with Crippen LogP contribution >= 0.6 is 0 Å². The number of benzene rings is 2. The van der Waals surface area contributed by atoms with Crippen LogP contribution in [0, 0.1) is 6.92 Å². The summed E-state index contributed by atoms with van der Waals surface area (Å²) in [5.74, 6) is -1.73. The largest absolute Gasteiger partial charge is 0.371 e. The number of piperidine rings is 1. The molecule has 1 saturated heterocycles. The van der Waals surface area contributed by atoms with Crippen LogP contribution in [0.4, 0.5) is 0 Å². The molecule has 3 aromatic rings. The van der Waals surface area contributed by atoms with Gasteiger partial charge in [-0.25, -0.2) is 0 Å². The summed E-state index contributed by atoms with van der Waals surface area (Å²) in [5.41, 5.74) is 4.07. The molecule has 2 aliphatic rings. The molecular formula is C25H21N5O5.